The molecule has 1 nitrogen and oxygen atoms in total. The Morgan fingerprint density at radius 2 is 1.86 bits per heavy atom. The van der Waals surface area contributed by atoms with Crippen LogP contribution in [0.5, 0.6) is 0 Å². The van der Waals surface area contributed by atoms with Gasteiger partial charge in [-0.3, -0.25) is 0 Å². The molecule has 76 valence electrons. The number of hydrogen-bond donors (Lipinski definition) is 1. The van der Waals surface area contributed by atoms with Crippen LogP contribution in [0.2, 0.25) is 0 Å². The van der Waals surface area contributed by atoms with Gasteiger partial charge in [0.15, 0.2) is 0 Å². The normalized spacial score (nSPS) is 27.7. The first kappa shape index (κ1) is 9.72. The van der Waals surface area contributed by atoms with Gasteiger partial charge in [-0.15, -0.1) is 0 Å². The van der Waals surface area contributed by atoms with E-state index in [1.54, 1.807) is 0 Å². The molecule has 2 rings (SSSR count). The van der Waals surface area contributed by atoms with Crippen molar-refractivity contribution >= 4 is 0 Å². The molecule has 1 aliphatic rings. The second-order valence-corrected chi connectivity index (χ2v) is 4.74. The zero-order valence-corrected chi connectivity index (χ0v) is 8.98. The quantitative estimate of drug-likeness (QED) is 0.777. The first-order valence-electron chi connectivity index (χ1n) is 5.50. The van der Waals surface area contributed by atoms with Crippen LogP contribution < -0.4 is 5.73 Å². The highest BCUT2D eigenvalue weighted by atomic mass is 14.7. The molecule has 0 spiro atoms. The maximum atomic E-state index is 6.15. The van der Waals surface area contributed by atoms with Gasteiger partial charge in [-0.1, -0.05) is 44.2 Å². The predicted octanol–water partition coefficient (Wildman–Crippen LogP) is 2.77. The molecular weight excluding hydrogens is 170 g/mol. The van der Waals surface area contributed by atoms with Crippen LogP contribution in [0.4, 0.5) is 0 Å². The Labute approximate surface area is 86.3 Å². The van der Waals surface area contributed by atoms with E-state index >= 15 is 0 Å². The molecule has 0 saturated heterocycles. The molecule has 3 atom stereocenters. The molecule has 2 N–H and O–H groups in total. The van der Waals surface area contributed by atoms with Crippen molar-refractivity contribution in [1.29, 1.82) is 0 Å². The highest BCUT2D eigenvalue weighted by molar-refractivity contribution is 5.26. The van der Waals surface area contributed by atoms with Gasteiger partial charge in [0.2, 0.25) is 0 Å². The minimum absolute atomic E-state index is 0.375. The third-order valence-corrected chi connectivity index (χ3v) is 3.33. The minimum atomic E-state index is 0.375. The van der Waals surface area contributed by atoms with Crippen molar-refractivity contribution in [1.82, 2.24) is 0 Å². The summed E-state index contributed by atoms with van der Waals surface area (Å²) in [5.74, 6) is 2.06. The average molecular weight is 189 g/mol. The van der Waals surface area contributed by atoms with E-state index in [0.29, 0.717) is 12.0 Å². The zero-order chi connectivity index (χ0) is 10.1. The van der Waals surface area contributed by atoms with E-state index < -0.39 is 0 Å². The van der Waals surface area contributed by atoms with Crippen LogP contribution in [-0.4, -0.2) is 6.04 Å². The van der Waals surface area contributed by atoms with Crippen LogP contribution in [0, 0.1) is 11.8 Å². The van der Waals surface area contributed by atoms with Crippen LogP contribution in [0.1, 0.15) is 31.7 Å². The number of nitrogens with two attached hydrogens (primary N) is 1. The van der Waals surface area contributed by atoms with E-state index in [9.17, 15) is 0 Å². The molecule has 1 aromatic rings. The van der Waals surface area contributed by atoms with Crippen molar-refractivity contribution in [2.24, 2.45) is 17.6 Å². The van der Waals surface area contributed by atoms with Crippen LogP contribution in [0.3, 0.4) is 0 Å². The summed E-state index contributed by atoms with van der Waals surface area (Å²) in [6.07, 6.45) is 1.28. The molecule has 1 fully saturated rings. The molecule has 0 heterocycles. The first-order valence-corrected chi connectivity index (χ1v) is 5.50. The Morgan fingerprint density at radius 1 is 1.21 bits per heavy atom. The fourth-order valence-electron chi connectivity index (χ4n) is 2.22. The summed E-state index contributed by atoms with van der Waals surface area (Å²) in [7, 11) is 0. The van der Waals surface area contributed by atoms with Crippen LogP contribution in [0.25, 0.3) is 0 Å². The lowest BCUT2D eigenvalue weighted by Gasteiger charge is -2.15. The van der Waals surface area contributed by atoms with Crippen molar-refractivity contribution in [2.45, 2.75) is 32.2 Å². The van der Waals surface area contributed by atoms with Gasteiger partial charge >= 0.3 is 0 Å². The highest BCUT2D eigenvalue weighted by Crippen LogP contribution is 2.50. The summed E-state index contributed by atoms with van der Waals surface area (Å²) in [4.78, 5) is 0. The molecule has 3 unspecified atom stereocenters. The van der Waals surface area contributed by atoms with Crippen LogP contribution >= 0.6 is 0 Å². The summed E-state index contributed by atoms with van der Waals surface area (Å²) in [5, 5.41) is 0. The van der Waals surface area contributed by atoms with Crippen molar-refractivity contribution in [3.05, 3.63) is 35.9 Å². The summed E-state index contributed by atoms with van der Waals surface area (Å²) in [6.45, 7) is 4.43. The Morgan fingerprint density at radius 3 is 2.43 bits per heavy atom. The number of benzene rings is 1. The third kappa shape index (κ3) is 1.83. The van der Waals surface area contributed by atoms with E-state index in [1.165, 1.54) is 12.0 Å². The lowest BCUT2D eigenvalue weighted by Crippen LogP contribution is -2.29. The third-order valence-electron chi connectivity index (χ3n) is 3.33. The molecule has 0 aromatic heterocycles. The predicted molar refractivity (Wildman–Crippen MR) is 60.1 cm³/mol. The second kappa shape index (κ2) is 3.74. The van der Waals surface area contributed by atoms with Crippen molar-refractivity contribution in [3.63, 3.8) is 0 Å². The summed E-state index contributed by atoms with van der Waals surface area (Å²) in [5.41, 5.74) is 7.62. The number of rotatable bonds is 3. The molecule has 0 radical (unpaired) electrons. The Balaban J connectivity index is 2.00. The maximum absolute atomic E-state index is 6.15. The van der Waals surface area contributed by atoms with Gasteiger partial charge in [0.05, 0.1) is 0 Å². The fraction of sp³-hybridized carbons (Fsp3) is 0.538. The summed E-state index contributed by atoms with van der Waals surface area (Å²) < 4.78 is 0. The van der Waals surface area contributed by atoms with Crippen molar-refractivity contribution in [2.75, 3.05) is 0 Å². The Kier molecular flexibility index (Phi) is 2.60. The molecule has 1 saturated carbocycles. The van der Waals surface area contributed by atoms with E-state index in [-0.39, 0.29) is 0 Å². The Hall–Kier alpha value is -0.820. The largest absolute Gasteiger partial charge is 0.327 e. The standard InChI is InChI=1S/C13H19N/c1-9(2)13(14)12-8-11(12)10-6-4-3-5-7-10/h3-7,9,11-13H,8,14H2,1-2H3. The van der Waals surface area contributed by atoms with E-state index in [4.69, 9.17) is 5.73 Å². The molecule has 14 heavy (non-hydrogen) atoms. The lowest BCUT2D eigenvalue weighted by molar-refractivity contribution is 0.440. The van der Waals surface area contributed by atoms with Gasteiger partial charge in [0.25, 0.3) is 0 Å². The van der Waals surface area contributed by atoms with Gasteiger partial charge in [-0.25, -0.2) is 0 Å². The highest BCUT2D eigenvalue weighted by Gasteiger charge is 2.42. The maximum Gasteiger partial charge on any atom is 0.00964 e. The molecule has 0 bridgehead atoms. The molecular formula is C13H19N. The molecule has 1 aliphatic carbocycles. The SMILES string of the molecule is CC(C)C(N)C1CC1c1ccccc1. The first-order chi connectivity index (χ1) is 6.70. The van der Waals surface area contributed by atoms with Crippen molar-refractivity contribution < 1.29 is 0 Å². The zero-order valence-electron chi connectivity index (χ0n) is 8.98. The molecule has 0 aliphatic heterocycles. The smallest absolute Gasteiger partial charge is 0.00964 e. The molecule has 1 heteroatoms. The fourth-order valence-corrected chi connectivity index (χ4v) is 2.22. The van der Waals surface area contributed by atoms with Gasteiger partial charge in [-0.2, -0.15) is 0 Å². The molecule has 1 aromatic carbocycles. The van der Waals surface area contributed by atoms with E-state index in [2.05, 4.69) is 44.2 Å². The topological polar surface area (TPSA) is 26.0 Å². The minimum Gasteiger partial charge on any atom is -0.327 e. The summed E-state index contributed by atoms with van der Waals surface area (Å²) >= 11 is 0. The molecule has 0 amide bonds. The van der Waals surface area contributed by atoms with E-state index in [0.717, 1.165) is 11.8 Å². The van der Waals surface area contributed by atoms with Crippen molar-refractivity contribution in [3.8, 4) is 0 Å². The van der Waals surface area contributed by atoms with Crippen LogP contribution in [0.15, 0.2) is 30.3 Å². The van der Waals surface area contributed by atoms with Gasteiger partial charge in [0, 0.05) is 6.04 Å². The average Bonchev–Trinajstić information content (AvgIpc) is 2.97. The Bertz CT molecular complexity index is 291. The van der Waals surface area contributed by atoms with Gasteiger partial charge in [0.1, 0.15) is 0 Å². The second-order valence-electron chi connectivity index (χ2n) is 4.74. The summed E-state index contributed by atoms with van der Waals surface area (Å²) in [6, 6.07) is 11.1. The van der Waals surface area contributed by atoms with Crippen LogP contribution in [-0.2, 0) is 0 Å². The van der Waals surface area contributed by atoms with Gasteiger partial charge in [-0.05, 0) is 29.7 Å². The monoisotopic (exact) mass is 189 g/mol. The lowest BCUT2D eigenvalue weighted by atomic mass is 9.97. The number of hydrogen-bond acceptors (Lipinski definition) is 1. The van der Waals surface area contributed by atoms with Gasteiger partial charge < -0.3 is 5.73 Å². The van der Waals surface area contributed by atoms with E-state index in [1.807, 2.05) is 0 Å².